The Balaban J connectivity index is 1.63. The zero-order valence-electron chi connectivity index (χ0n) is 71.7. The first-order chi connectivity index (χ1) is 59.3. The quantitative estimate of drug-likeness (QED) is 0.00846. The van der Waals surface area contributed by atoms with Crippen LogP contribution in [-0.2, 0) is 86.4 Å². The van der Waals surface area contributed by atoms with Gasteiger partial charge in [0.2, 0.25) is 82.7 Å². The van der Waals surface area contributed by atoms with Crippen molar-refractivity contribution in [1.82, 2.24) is 73.8 Å². The number of aliphatic hydroxyl groups is 1. The van der Waals surface area contributed by atoms with E-state index in [2.05, 4.69) is 88.7 Å². The van der Waals surface area contributed by atoms with Crippen LogP contribution in [0.4, 0.5) is 5.69 Å². The number of aromatic amines is 1. The van der Waals surface area contributed by atoms with Crippen LogP contribution in [0.3, 0.4) is 0 Å². The molecule has 0 bridgehead atoms. The number of amides is 15. The number of hydrogen-bond acceptors (Lipinski definition) is 24. The normalized spacial score (nSPS) is 14.2. The Labute approximate surface area is 727 Å². The average molecular weight is 1770 g/mol. The topological polar surface area (TPSA) is 796 Å². The van der Waals surface area contributed by atoms with E-state index in [1.807, 2.05) is 0 Å². The Morgan fingerprint density at radius 2 is 0.786 bits per heavy atom. The zero-order valence-corrected chi connectivity index (χ0v) is 71.7. The summed E-state index contributed by atoms with van der Waals surface area (Å²) in [6.07, 6.45) is -2.48. The number of methoxy groups -OCH3 is 1. The number of nitrogen functional groups attached to an aromatic ring is 1. The van der Waals surface area contributed by atoms with Crippen LogP contribution in [0.5, 0.6) is 17.2 Å². The number of H-pyrrole nitrogens is 1. The molecule has 4 rings (SSSR count). The second kappa shape index (κ2) is 52.4. The van der Waals surface area contributed by atoms with Crippen LogP contribution in [0, 0.1) is 17.8 Å². The summed E-state index contributed by atoms with van der Waals surface area (Å²) in [5.41, 5.74) is 57.6. The maximum atomic E-state index is 14.9. The van der Waals surface area contributed by atoms with Crippen molar-refractivity contribution in [3.8, 4) is 17.2 Å². The van der Waals surface area contributed by atoms with Crippen LogP contribution in [0.2, 0.25) is 0 Å². The molecule has 0 saturated heterocycles. The predicted octanol–water partition coefficient (Wildman–Crippen LogP) is -6.51. The van der Waals surface area contributed by atoms with Gasteiger partial charge >= 0.3 is 0 Å². The van der Waals surface area contributed by atoms with Crippen molar-refractivity contribution >= 4 is 112 Å². The van der Waals surface area contributed by atoms with Gasteiger partial charge in [0, 0.05) is 62.8 Å². The molecule has 0 saturated carbocycles. The molecule has 0 spiro atoms. The summed E-state index contributed by atoms with van der Waals surface area (Å²) in [6.45, 7) is 10.7. The summed E-state index contributed by atoms with van der Waals surface area (Å²) in [7, 11) is 1.35. The minimum Gasteiger partial charge on any atom is -0.508 e. The van der Waals surface area contributed by atoms with Gasteiger partial charge in [0.15, 0.2) is 17.9 Å². The third kappa shape index (κ3) is 37.7. The second-order valence-corrected chi connectivity index (χ2v) is 31.2. The van der Waals surface area contributed by atoms with E-state index >= 15 is 0 Å². The van der Waals surface area contributed by atoms with Gasteiger partial charge in [0.25, 0.3) is 5.91 Å². The molecule has 0 aliphatic heterocycles. The second-order valence-electron chi connectivity index (χ2n) is 31.2. The van der Waals surface area contributed by atoms with Crippen molar-refractivity contribution in [3.05, 3.63) is 102 Å². The van der Waals surface area contributed by atoms with E-state index in [0.29, 0.717) is 16.8 Å². The van der Waals surface area contributed by atoms with Crippen LogP contribution >= 0.6 is 0 Å². The number of aliphatic hydroxyl groups excluding tert-OH is 1. The van der Waals surface area contributed by atoms with Crippen LogP contribution in [0.1, 0.15) is 146 Å². The number of imidazole rings is 1. The molecule has 0 fully saturated rings. The minimum absolute atomic E-state index is 0.0349. The molecule has 13 atom stereocenters. The van der Waals surface area contributed by atoms with Crippen molar-refractivity contribution in [2.24, 2.45) is 84.3 Å². The van der Waals surface area contributed by atoms with E-state index < -0.39 is 204 Å². The van der Waals surface area contributed by atoms with Gasteiger partial charge in [-0.05, 0) is 136 Å². The Morgan fingerprint density at radius 3 is 1.19 bits per heavy atom. The lowest BCUT2D eigenvalue weighted by atomic mass is 9.98. The van der Waals surface area contributed by atoms with E-state index in [1.165, 1.54) is 100 Å². The van der Waals surface area contributed by atoms with Crippen molar-refractivity contribution in [2.45, 2.75) is 217 Å². The largest absolute Gasteiger partial charge is 0.508 e. The first-order valence-corrected chi connectivity index (χ1v) is 40.7. The van der Waals surface area contributed by atoms with E-state index in [9.17, 15) is 87.2 Å². The summed E-state index contributed by atoms with van der Waals surface area (Å²) in [6, 6.07) is -3.89. The monoisotopic (exact) mass is 1770 g/mol. The van der Waals surface area contributed by atoms with Crippen molar-refractivity contribution in [3.63, 3.8) is 0 Å². The number of primary amides is 3. The number of phenolic OH excluding ortho intramolecular Hbond substituents is 2. The van der Waals surface area contributed by atoms with Gasteiger partial charge < -0.3 is 146 Å². The summed E-state index contributed by atoms with van der Waals surface area (Å²) < 4.78 is 5.28. The zero-order chi connectivity index (χ0) is 94.2. The molecule has 46 heteroatoms. The number of aliphatic imine (C=N–C) groups is 3. The number of carbonyl (C=O) groups excluding carboxylic acids is 15. The Bertz CT molecular complexity index is 4440. The minimum atomic E-state index is -1.94. The van der Waals surface area contributed by atoms with Crippen molar-refractivity contribution < 1.29 is 92.0 Å². The Kier molecular flexibility index (Phi) is 43.3. The molecule has 3 aromatic carbocycles. The Hall–Kier alpha value is -14.1. The highest BCUT2D eigenvalue weighted by atomic mass is 16.5. The molecular formula is C80H123N27O19. The van der Waals surface area contributed by atoms with Crippen LogP contribution in [0.15, 0.2) is 94.2 Å². The summed E-state index contributed by atoms with van der Waals surface area (Å²) in [4.78, 5) is 231. The Morgan fingerprint density at radius 1 is 0.421 bits per heavy atom. The number of rotatable bonds is 55. The molecule has 1 heterocycles. The standard InChI is InChI=1S/C80H123N27O19/c1-39(2)30-55(101-72(120)57(33-44-17-22-48(110)23-18-44)103-73(121)58(35-46-37-91-38-95-46)104-69(117)50(12-9-27-92-78(85)86)96-66(114)45-19-24-49(81)60(34-45)126-8)71(119)105-59(36-62(83)112)74(122)102-56(31-40(3)4)75(123)106-63(41(5)6)76(124)107-64(42(7)108)77(125)99-52(14-11-29-94-80(89)90)67(115)98-53(25-26-61(82)111)70(118)97-51(13-10-28-93-79(87)88)68(116)100-54(65(84)113)32-43-15-20-47(109)21-16-43/h15-24,34,37-42,50-59,63-64,108-110H,9-14,25-33,35-36,81H2,1-8H3,(H2,82,111)(H2,83,112)(H2,84,113)(H,91,95)(H,96,114)(H,97,118)(H,98,115)(H,99,125)(H,100,116)(H,101,120)(H,102,122)(H,103,121)(H,104,117)(H,105,119)(H,106,123)(H,107,124)(H4,85,86,92)(H4,87,88,93)(H4,89,90,94)/t42-,50+,51+,52+,53+,54+,55+,56+,57+,58+,59+,63+,64+/m1/s1. The van der Waals surface area contributed by atoms with E-state index in [1.54, 1.807) is 27.7 Å². The molecule has 1 aromatic heterocycles. The van der Waals surface area contributed by atoms with Crippen molar-refractivity contribution in [1.29, 1.82) is 0 Å². The molecule has 126 heavy (non-hydrogen) atoms. The van der Waals surface area contributed by atoms with Crippen LogP contribution < -0.4 is 126 Å². The lowest BCUT2D eigenvalue weighted by Crippen LogP contribution is -2.63. The number of carbonyl (C=O) groups is 15. The smallest absolute Gasteiger partial charge is 0.252 e. The molecule has 692 valence electrons. The van der Waals surface area contributed by atoms with Gasteiger partial charge in [-0.1, -0.05) is 65.8 Å². The van der Waals surface area contributed by atoms with E-state index in [4.69, 9.17) is 62.1 Å². The maximum absolute atomic E-state index is 14.9. The number of nitrogens with one attached hydrogen (secondary N) is 13. The lowest BCUT2D eigenvalue weighted by Gasteiger charge is -2.30. The first-order valence-electron chi connectivity index (χ1n) is 40.7. The van der Waals surface area contributed by atoms with Crippen molar-refractivity contribution in [2.75, 3.05) is 32.5 Å². The van der Waals surface area contributed by atoms with Gasteiger partial charge in [-0.3, -0.25) is 86.9 Å². The van der Waals surface area contributed by atoms with Gasteiger partial charge in [0.05, 0.1) is 31.6 Å². The average Bonchev–Trinajstić information content (AvgIpc) is 1.00. The van der Waals surface area contributed by atoms with E-state index in [0.717, 1.165) is 6.92 Å². The molecular weight excluding hydrogens is 1640 g/mol. The number of phenols is 2. The van der Waals surface area contributed by atoms with Crippen LogP contribution in [0.25, 0.3) is 0 Å². The summed E-state index contributed by atoms with van der Waals surface area (Å²) in [5.74, 6) is -17.8. The number of anilines is 1. The lowest BCUT2D eigenvalue weighted by molar-refractivity contribution is -0.138. The molecule has 36 N–H and O–H groups in total. The molecule has 0 radical (unpaired) electrons. The third-order valence-corrected chi connectivity index (χ3v) is 19.2. The van der Waals surface area contributed by atoms with Gasteiger partial charge in [-0.15, -0.1) is 0 Å². The number of nitrogens with zero attached hydrogens (tertiary/aromatic N) is 4. The van der Waals surface area contributed by atoms with Gasteiger partial charge in [-0.2, -0.15) is 0 Å². The van der Waals surface area contributed by atoms with Gasteiger partial charge in [-0.25, -0.2) is 4.98 Å². The van der Waals surface area contributed by atoms with Crippen LogP contribution in [-0.4, -0.2) is 237 Å². The molecule has 46 nitrogen and oxygen atoms in total. The fourth-order valence-electron chi connectivity index (χ4n) is 12.7. The predicted molar refractivity (Wildman–Crippen MR) is 462 cm³/mol. The molecule has 15 amide bonds. The number of hydrogen-bond donors (Lipinski definition) is 26. The number of aromatic hydroxyl groups is 2. The molecule has 0 aliphatic rings. The summed E-state index contributed by atoms with van der Waals surface area (Å²) >= 11 is 0. The number of ether oxygens (including phenoxy) is 1. The fraction of sp³-hybridized carbons (Fsp3) is 0.512. The highest BCUT2D eigenvalue weighted by Gasteiger charge is 2.40. The maximum Gasteiger partial charge on any atom is 0.252 e. The SMILES string of the molecule is COc1cc(C(=O)N[C@@H](CCCN=C(N)N)C(=O)N[C@@H](Cc2cnc[nH]2)C(=O)N[C@@H](Cc2ccc(O)cc2)C(=O)N[C@@H](CC(C)C)C(=O)N[C@@H](CC(N)=O)C(=O)N[C@@H](CC(C)C)C(=O)N[C@H](C(=O)N[C@H](C(=O)N[C@@H](CCCN=C(N)N)C(=O)N[C@@H](CCC(N)=O)C(=O)N[C@@H](CCCN=C(N)N)C(=O)N[C@@H](Cc2ccc(O)cc2)C(N)=O)[C@@H](C)O)C(C)C)ccc1N. The highest BCUT2D eigenvalue weighted by molar-refractivity contribution is 6.02. The third-order valence-electron chi connectivity index (χ3n) is 19.2. The van der Waals surface area contributed by atoms with E-state index in [-0.39, 0.29) is 137 Å². The summed E-state index contributed by atoms with van der Waals surface area (Å²) in [5, 5.41) is 61.9. The number of aromatic nitrogens is 2. The fourth-order valence-corrected chi connectivity index (χ4v) is 12.7. The molecule has 4 aromatic rings. The molecule has 0 unspecified atom stereocenters. The number of guanidine groups is 3. The number of nitrogens with two attached hydrogens (primary N) is 10. The first kappa shape index (κ1) is 104. The van der Waals surface area contributed by atoms with Gasteiger partial charge in [0.1, 0.15) is 89.8 Å². The number of benzene rings is 3. The molecule has 0 aliphatic carbocycles. The highest BCUT2D eigenvalue weighted by Crippen LogP contribution is 2.23.